The number of ether oxygens (including phenoxy) is 4. The summed E-state index contributed by atoms with van der Waals surface area (Å²) < 4.78 is 24.2. The van der Waals surface area contributed by atoms with Crippen molar-refractivity contribution in [2.24, 2.45) is 4.99 Å². The number of nitrogens with zero attached hydrogens (tertiary/aromatic N) is 3. The monoisotopic (exact) mass is 575 g/mol. The van der Waals surface area contributed by atoms with Gasteiger partial charge in [-0.05, 0) is 62.7 Å². The summed E-state index contributed by atoms with van der Waals surface area (Å²) in [6, 6.07) is 9.90. The van der Waals surface area contributed by atoms with E-state index < -0.39 is 6.04 Å². The fourth-order valence-electron chi connectivity index (χ4n) is 4.79. The summed E-state index contributed by atoms with van der Waals surface area (Å²) >= 11 is 1.25. The van der Waals surface area contributed by atoms with Gasteiger partial charge in [0.25, 0.3) is 11.5 Å². The van der Waals surface area contributed by atoms with Crippen LogP contribution in [0.1, 0.15) is 37.9 Å². The molecule has 1 atom stereocenters. The van der Waals surface area contributed by atoms with E-state index >= 15 is 0 Å². The molecule has 2 aromatic carbocycles. The first-order valence-corrected chi connectivity index (χ1v) is 13.9. The molecule has 0 saturated carbocycles. The van der Waals surface area contributed by atoms with Crippen molar-refractivity contribution in [2.75, 3.05) is 41.0 Å². The lowest BCUT2D eigenvalue weighted by atomic mass is 9.93. The van der Waals surface area contributed by atoms with E-state index in [0.717, 1.165) is 5.56 Å². The molecule has 9 nitrogen and oxygen atoms in total. The molecule has 0 unspecified atom stereocenters. The maximum absolute atomic E-state index is 14.1. The molecule has 3 aromatic rings. The molecule has 0 spiro atoms. The van der Waals surface area contributed by atoms with Gasteiger partial charge in [-0.2, -0.15) is 0 Å². The summed E-state index contributed by atoms with van der Waals surface area (Å²) in [6.45, 7) is 6.78. The first-order chi connectivity index (χ1) is 19.8. The molecule has 0 N–H and O–H groups in total. The SMILES string of the molecule is C#CCOc1ccc(/C=c2/sc3n(c2=O)[C@H](c2cc(OC)ccc2OC)C(C(=O)N(CC)CC)=C(C)N=3)cc1OC. The van der Waals surface area contributed by atoms with Gasteiger partial charge in [-0.3, -0.25) is 14.2 Å². The van der Waals surface area contributed by atoms with Gasteiger partial charge >= 0.3 is 0 Å². The van der Waals surface area contributed by atoms with E-state index in [1.165, 1.54) is 18.4 Å². The van der Waals surface area contributed by atoms with E-state index in [-0.39, 0.29) is 18.1 Å². The summed E-state index contributed by atoms with van der Waals surface area (Å²) in [7, 11) is 4.66. The highest BCUT2D eigenvalue weighted by Crippen LogP contribution is 2.38. The zero-order valence-electron chi connectivity index (χ0n) is 24.0. The third-order valence-corrected chi connectivity index (χ3v) is 7.81. The molecule has 10 heteroatoms. The van der Waals surface area contributed by atoms with Crippen molar-refractivity contribution in [2.45, 2.75) is 26.8 Å². The van der Waals surface area contributed by atoms with Crippen LogP contribution in [-0.2, 0) is 4.79 Å². The number of thiazole rings is 1. The summed E-state index contributed by atoms with van der Waals surface area (Å²) in [5.74, 6) is 4.34. The molecule has 0 radical (unpaired) electrons. The minimum atomic E-state index is -0.777. The Kier molecular flexibility index (Phi) is 9.20. The number of hydrogen-bond donors (Lipinski definition) is 0. The smallest absolute Gasteiger partial charge is 0.271 e. The number of hydrogen-bond acceptors (Lipinski definition) is 8. The lowest BCUT2D eigenvalue weighted by Gasteiger charge is -2.30. The lowest BCUT2D eigenvalue weighted by molar-refractivity contribution is -0.127. The second-order valence-corrected chi connectivity index (χ2v) is 10.1. The molecule has 1 aliphatic heterocycles. The number of fused-ring (bicyclic) bond motifs is 1. The fraction of sp³-hybridized carbons (Fsp3) is 0.323. The van der Waals surface area contributed by atoms with Crippen LogP contribution >= 0.6 is 11.3 Å². The maximum atomic E-state index is 14.1. The van der Waals surface area contributed by atoms with Gasteiger partial charge in [0, 0.05) is 18.7 Å². The number of methoxy groups -OCH3 is 3. The second-order valence-electron chi connectivity index (χ2n) is 9.07. The van der Waals surface area contributed by atoms with Crippen molar-refractivity contribution >= 4 is 23.3 Å². The Balaban J connectivity index is 1.96. The Morgan fingerprint density at radius 3 is 2.41 bits per heavy atom. The van der Waals surface area contributed by atoms with E-state index in [0.29, 0.717) is 62.3 Å². The van der Waals surface area contributed by atoms with Crippen molar-refractivity contribution in [3.63, 3.8) is 0 Å². The van der Waals surface area contributed by atoms with Crippen LogP contribution in [0.25, 0.3) is 6.08 Å². The number of carbonyl (C=O) groups excluding carboxylic acids is 1. The largest absolute Gasteiger partial charge is 0.497 e. The normalized spacial score (nSPS) is 14.6. The van der Waals surface area contributed by atoms with Crippen molar-refractivity contribution in [1.29, 1.82) is 0 Å². The van der Waals surface area contributed by atoms with Crippen LogP contribution in [0.4, 0.5) is 0 Å². The summed E-state index contributed by atoms with van der Waals surface area (Å²) in [5, 5.41) is 0. The maximum Gasteiger partial charge on any atom is 0.271 e. The standard InChI is InChI=1S/C31H33N3O6S/c1-8-15-40-24-13-11-20(16-25(24)39-7)17-26-29(35)34-28(22-18-21(37-5)12-14-23(22)38-6)27(19(4)32-31(34)41-26)30(36)33(9-2)10-3/h1,11-14,16-18,28H,9-10,15H2,2-7H3/b26-17+/t28-/m1/s1. The van der Waals surface area contributed by atoms with E-state index in [1.54, 1.807) is 67.0 Å². The molecule has 41 heavy (non-hydrogen) atoms. The Morgan fingerprint density at radius 2 is 1.78 bits per heavy atom. The highest BCUT2D eigenvalue weighted by Gasteiger charge is 2.36. The van der Waals surface area contributed by atoms with Crippen LogP contribution in [0.2, 0.25) is 0 Å². The number of aromatic nitrogens is 1. The zero-order chi connectivity index (χ0) is 29.7. The average Bonchev–Trinajstić information content (AvgIpc) is 3.29. The molecule has 1 aliphatic rings. The molecular formula is C31H33N3O6S. The minimum absolute atomic E-state index is 0.107. The number of terminal acetylenes is 1. The lowest BCUT2D eigenvalue weighted by Crippen LogP contribution is -2.43. The summed E-state index contributed by atoms with van der Waals surface area (Å²) in [4.78, 5) is 34.9. The molecule has 1 aromatic heterocycles. The zero-order valence-corrected chi connectivity index (χ0v) is 24.8. The van der Waals surface area contributed by atoms with Gasteiger partial charge in [-0.25, -0.2) is 4.99 Å². The molecule has 0 saturated heterocycles. The number of likely N-dealkylation sites (N-methyl/N-ethyl adjacent to an activating group) is 1. The van der Waals surface area contributed by atoms with Crippen LogP contribution in [0.15, 0.2) is 57.5 Å². The van der Waals surface area contributed by atoms with Gasteiger partial charge in [0.15, 0.2) is 16.3 Å². The van der Waals surface area contributed by atoms with Gasteiger partial charge in [-0.1, -0.05) is 23.3 Å². The average molecular weight is 576 g/mol. The quantitative estimate of drug-likeness (QED) is 0.345. The first kappa shape index (κ1) is 29.5. The van der Waals surface area contributed by atoms with Crippen LogP contribution in [0, 0.1) is 12.3 Å². The fourth-order valence-corrected chi connectivity index (χ4v) is 5.83. The van der Waals surface area contributed by atoms with Crippen molar-refractivity contribution in [3.8, 4) is 35.3 Å². The molecule has 4 rings (SSSR count). The number of allylic oxidation sites excluding steroid dienone is 1. The third-order valence-electron chi connectivity index (χ3n) is 6.83. The molecule has 1 amide bonds. The number of rotatable bonds is 10. The Bertz CT molecular complexity index is 1710. The predicted molar refractivity (Wildman–Crippen MR) is 159 cm³/mol. The second kappa shape index (κ2) is 12.8. The molecule has 214 valence electrons. The van der Waals surface area contributed by atoms with Crippen molar-refractivity contribution in [3.05, 3.63) is 78.5 Å². The van der Waals surface area contributed by atoms with Crippen LogP contribution in [0.3, 0.4) is 0 Å². The molecule has 0 fully saturated rings. The molecule has 2 heterocycles. The first-order valence-electron chi connectivity index (χ1n) is 13.1. The van der Waals surface area contributed by atoms with Crippen LogP contribution in [-0.4, -0.2) is 56.4 Å². The Labute approximate surface area is 243 Å². The van der Waals surface area contributed by atoms with Gasteiger partial charge in [0.05, 0.1) is 37.1 Å². The van der Waals surface area contributed by atoms with Gasteiger partial charge in [-0.15, -0.1) is 6.42 Å². The molecule has 0 aliphatic carbocycles. The number of benzene rings is 2. The Hall–Kier alpha value is -4.49. The minimum Gasteiger partial charge on any atom is -0.497 e. The molecule has 0 bridgehead atoms. The predicted octanol–water partition coefficient (Wildman–Crippen LogP) is 3.14. The van der Waals surface area contributed by atoms with Crippen LogP contribution < -0.4 is 33.8 Å². The van der Waals surface area contributed by atoms with E-state index in [9.17, 15) is 9.59 Å². The van der Waals surface area contributed by atoms with Crippen molar-refractivity contribution < 1.29 is 23.7 Å². The van der Waals surface area contributed by atoms with E-state index in [1.807, 2.05) is 19.9 Å². The van der Waals surface area contributed by atoms with E-state index in [2.05, 4.69) is 5.92 Å². The topological polar surface area (TPSA) is 91.6 Å². The third kappa shape index (κ3) is 5.72. The van der Waals surface area contributed by atoms with Gasteiger partial charge in [0.1, 0.15) is 24.1 Å². The van der Waals surface area contributed by atoms with Gasteiger partial charge in [0.2, 0.25) is 0 Å². The summed E-state index contributed by atoms with van der Waals surface area (Å²) in [5.41, 5.74) is 2.02. The summed E-state index contributed by atoms with van der Waals surface area (Å²) in [6.07, 6.45) is 7.08. The highest BCUT2D eigenvalue weighted by molar-refractivity contribution is 7.07. The highest BCUT2D eigenvalue weighted by atomic mass is 32.1. The Morgan fingerprint density at radius 1 is 1.07 bits per heavy atom. The van der Waals surface area contributed by atoms with Gasteiger partial charge < -0.3 is 23.8 Å². The number of amides is 1. The molecular weight excluding hydrogens is 542 g/mol. The van der Waals surface area contributed by atoms with E-state index in [4.69, 9.17) is 30.4 Å². The van der Waals surface area contributed by atoms with Crippen LogP contribution in [0.5, 0.6) is 23.0 Å². The van der Waals surface area contributed by atoms with Crippen molar-refractivity contribution in [1.82, 2.24) is 9.47 Å². The number of carbonyl (C=O) groups is 1.